The lowest BCUT2D eigenvalue weighted by Crippen LogP contribution is -2.29. The molecule has 0 aliphatic rings. The van der Waals surface area contributed by atoms with E-state index in [1.807, 2.05) is 31.2 Å². The number of hydrogen-bond acceptors (Lipinski definition) is 3. The van der Waals surface area contributed by atoms with E-state index in [4.69, 9.17) is 5.73 Å². The van der Waals surface area contributed by atoms with E-state index in [9.17, 15) is 8.42 Å². The van der Waals surface area contributed by atoms with Crippen LogP contribution in [0.2, 0.25) is 0 Å². The first-order chi connectivity index (χ1) is 8.49. The van der Waals surface area contributed by atoms with Gasteiger partial charge in [0.2, 0.25) is 10.0 Å². The van der Waals surface area contributed by atoms with E-state index in [-0.39, 0.29) is 5.75 Å². The highest BCUT2D eigenvalue weighted by molar-refractivity contribution is 7.88. The van der Waals surface area contributed by atoms with Crippen LogP contribution in [-0.4, -0.2) is 26.3 Å². The zero-order valence-corrected chi connectivity index (χ0v) is 11.9. The van der Waals surface area contributed by atoms with Crippen LogP contribution in [0.15, 0.2) is 24.3 Å². The highest BCUT2D eigenvalue weighted by Crippen LogP contribution is 2.11. The minimum absolute atomic E-state index is 0.0536. The summed E-state index contributed by atoms with van der Waals surface area (Å²) in [6.07, 6.45) is 1.88. The largest absolute Gasteiger partial charge is 0.326 e. The summed E-state index contributed by atoms with van der Waals surface area (Å²) in [6, 6.07) is 7.40. The van der Waals surface area contributed by atoms with Crippen LogP contribution >= 0.6 is 0 Å². The maximum Gasteiger partial charge on any atom is 0.218 e. The molecule has 5 heteroatoms. The van der Waals surface area contributed by atoms with E-state index in [1.54, 1.807) is 7.05 Å². The molecule has 0 fully saturated rings. The van der Waals surface area contributed by atoms with E-state index in [1.165, 1.54) is 4.31 Å². The molecule has 0 aliphatic heterocycles. The van der Waals surface area contributed by atoms with Crippen molar-refractivity contribution in [2.75, 3.05) is 13.6 Å². The van der Waals surface area contributed by atoms with Gasteiger partial charge in [-0.05, 0) is 17.5 Å². The standard InChI is InChI=1S/C13H22N2O2S/c1-3-4-9-15(2)18(16,17)11-13-7-5-12(10-14)6-8-13/h5-8H,3-4,9-11,14H2,1-2H3. The summed E-state index contributed by atoms with van der Waals surface area (Å²) in [5, 5.41) is 0. The van der Waals surface area contributed by atoms with Crippen molar-refractivity contribution in [2.45, 2.75) is 32.1 Å². The molecule has 0 saturated carbocycles. The first-order valence-corrected chi connectivity index (χ1v) is 7.82. The number of hydrogen-bond donors (Lipinski definition) is 1. The van der Waals surface area contributed by atoms with Crippen LogP contribution in [0.3, 0.4) is 0 Å². The lowest BCUT2D eigenvalue weighted by molar-refractivity contribution is 0.458. The highest BCUT2D eigenvalue weighted by Gasteiger charge is 2.17. The van der Waals surface area contributed by atoms with E-state index >= 15 is 0 Å². The van der Waals surface area contributed by atoms with Crippen molar-refractivity contribution in [3.8, 4) is 0 Å². The molecule has 0 heterocycles. The van der Waals surface area contributed by atoms with Crippen molar-refractivity contribution >= 4 is 10.0 Å². The number of benzene rings is 1. The van der Waals surface area contributed by atoms with Crippen LogP contribution in [0.4, 0.5) is 0 Å². The molecule has 1 aromatic carbocycles. The molecular weight excluding hydrogens is 248 g/mol. The van der Waals surface area contributed by atoms with Crippen LogP contribution in [0.1, 0.15) is 30.9 Å². The zero-order chi connectivity index (χ0) is 13.6. The average molecular weight is 270 g/mol. The van der Waals surface area contributed by atoms with Crippen LogP contribution in [0, 0.1) is 0 Å². The van der Waals surface area contributed by atoms with E-state index < -0.39 is 10.0 Å². The topological polar surface area (TPSA) is 63.4 Å². The van der Waals surface area contributed by atoms with Gasteiger partial charge in [0.15, 0.2) is 0 Å². The summed E-state index contributed by atoms with van der Waals surface area (Å²) in [4.78, 5) is 0. The van der Waals surface area contributed by atoms with Gasteiger partial charge in [0, 0.05) is 20.1 Å². The van der Waals surface area contributed by atoms with Gasteiger partial charge in [0.05, 0.1) is 5.75 Å². The Morgan fingerprint density at radius 3 is 2.22 bits per heavy atom. The van der Waals surface area contributed by atoms with E-state index in [0.717, 1.165) is 24.0 Å². The fourth-order valence-electron chi connectivity index (χ4n) is 1.61. The summed E-state index contributed by atoms with van der Waals surface area (Å²) in [7, 11) is -1.56. The van der Waals surface area contributed by atoms with Gasteiger partial charge < -0.3 is 5.73 Å². The highest BCUT2D eigenvalue weighted by atomic mass is 32.2. The molecule has 0 amide bonds. The second kappa shape index (κ2) is 6.87. The normalized spacial score (nSPS) is 12.0. The predicted octanol–water partition coefficient (Wildman–Crippen LogP) is 1.71. The molecule has 0 bridgehead atoms. The van der Waals surface area contributed by atoms with Gasteiger partial charge in [-0.15, -0.1) is 0 Å². The van der Waals surface area contributed by atoms with E-state index in [2.05, 4.69) is 0 Å². The summed E-state index contributed by atoms with van der Waals surface area (Å²) in [5.74, 6) is 0.0536. The molecular formula is C13H22N2O2S. The van der Waals surface area contributed by atoms with Crippen LogP contribution < -0.4 is 5.73 Å². The average Bonchev–Trinajstić information content (AvgIpc) is 2.36. The molecule has 4 nitrogen and oxygen atoms in total. The summed E-state index contributed by atoms with van der Waals surface area (Å²) < 4.78 is 25.6. The summed E-state index contributed by atoms with van der Waals surface area (Å²) in [5.41, 5.74) is 7.31. The number of nitrogens with two attached hydrogens (primary N) is 1. The number of unbranched alkanes of at least 4 members (excludes halogenated alkanes) is 1. The number of sulfonamides is 1. The van der Waals surface area contributed by atoms with Crippen LogP contribution in [0.25, 0.3) is 0 Å². The molecule has 0 aromatic heterocycles. The third kappa shape index (κ3) is 4.40. The number of rotatable bonds is 7. The minimum Gasteiger partial charge on any atom is -0.326 e. The van der Waals surface area contributed by atoms with Gasteiger partial charge in [-0.1, -0.05) is 37.6 Å². The Kier molecular flexibility index (Phi) is 5.78. The molecule has 0 atom stereocenters. The minimum atomic E-state index is -3.20. The van der Waals surface area contributed by atoms with Crippen LogP contribution in [0.5, 0.6) is 0 Å². The third-order valence-corrected chi connectivity index (χ3v) is 4.74. The van der Waals surface area contributed by atoms with Gasteiger partial charge in [0.25, 0.3) is 0 Å². The quantitative estimate of drug-likeness (QED) is 0.820. The van der Waals surface area contributed by atoms with Gasteiger partial charge >= 0.3 is 0 Å². The molecule has 0 unspecified atom stereocenters. The fourth-order valence-corrected chi connectivity index (χ4v) is 2.85. The predicted molar refractivity (Wildman–Crippen MR) is 74.5 cm³/mol. The zero-order valence-electron chi connectivity index (χ0n) is 11.1. The monoisotopic (exact) mass is 270 g/mol. The van der Waals surface area contributed by atoms with Crippen molar-refractivity contribution in [3.05, 3.63) is 35.4 Å². The second-order valence-electron chi connectivity index (χ2n) is 4.45. The van der Waals surface area contributed by atoms with Gasteiger partial charge in [-0.25, -0.2) is 12.7 Å². The van der Waals surface area contributed by atoms with Crippen molar-refractivity contribution in [2.24, 2.45) is 5.73 Å². The number of nitrogens with zero attached hydrogens (tertiary/aromatic N) is 1. The Hall–Kier alpha value is -0.910. The van der Waals surface area contributed by atoms with Crippen molar-refractivity contribution in [1.29, 1.82) is 0 Å². The molecule has 0 aliphatic carbocycles. The van der Waals surface area contributed by atoms with Gasteiger partial charge in [-0.3, -0.25) is 0 Å². The summed E-state index contributed by atoms with van der Waals surface area (Å²) >= 11 is 0. The van der Waals surface area contributed by atoms with E-state index in [0.29, 0.717) is 13.1 Å². The molecule has 102 valence electrons. The second-order valence-corrected chi connectivity index (χ2v) is 6.53. The van der Waals surface area contributed by atoms with Crippen LogP contribution in [-0.2, 0) is 22.3 Å². The first-order valence-electron chi connectivity index (χ1n) is 6.21. The Bertz CT molecular complexity index is 454. The lowest BCUT2D eigenvalue weighted by Gasteiger charge is -2.16. The van der Waals surface area contributed by atoms with Crippen molar-refractivity contribution in [3.63, 3.8) is 0 Å². The molecule has 0 radical (unpaired) electrons. The maximum atomic E-state index is 12.1. The Morgan fingerprint density at radius 1 is 1.17 bits per heavy atom. The fraction of sp³-hybridized carbons (Fsp3) is 0.538. The Balaban J connectivity index is 2.69. The molecule has 1 aromatic rings. The smallest absolute Gasteiger partial charge is 0.218 e. The third-order valence-electron chi connectivity index (χ3n) is 2.91. The summed E-state index contributed by atoms with van der Waals surface area (Å²) in [6.45, 7) is 3.11. The van der Waals surface area contributed by atoms with Crippen molar-refractivity contribution in [1.82, 2.24) is 4.31 Å². The molecule has 1 rings (SSSR count). The van der Waals surface area contributed by atoms with Gasteiger partial charge in [0.1, 0.15) is 0 Å². The molecule has 18 heavy (non-hydrogen) atoms. The van der Waals surface area contributed by atoms with Crippen molar-refractivity contribution < 1.29 is 8.42 Å². The SMILES string of the molecule is CCCCN(C)S(=O)(=O)Cc1ccc(CN)cc1. The first kappa shape index (κ1) is 15.1. The Labute approximate surface area is 110 Å². The lowest BCUT2D eigenvalue weighted by atomic mass is 10.1. The maximum absolute atomic E-state index is 12.1. The van der Waals surface area contributed by atoms with Gasteiger partial charge in [-0.2, -0.15) is 0 Å². The molecule has 0 spiro atoms. The molecule has 2 N–H and O–H groups in total. The molecule has 0 saturated heterocycles. The Morgan fingerprint density at radius 2 is 1.72 bits per heavy atom.